The van der Waals surface area contributed by atoms with Crippen molar-refractivity contribution in [2.45, 2.75) is 52.4 Å². The van der Waals surface area contributed by atoms with Crippen LogP contribution in [0.2, 0.25) is 0 Å². The van der Waals surface area contributed by atoms with Gasteiger partial charge < -0.3 is 5.32 Å². The van der Waals surface area contributed by atoms with E-state index in [-0.39, 0.29) is 11.8 Å². The zero-order valence-corrected chi connectivity index (χ0v) is 9.88. The van der Waals surface area contributed by atoms with E-state index >= 15 is 0 Å². The predicted molar refractivity (Wildman–Crippen MR) is 61.2 cm³/mol. The normalized spacial score (nSPS) is 11.8. The molecule has 0 spiro atoms. The van der Waals surface area contributed by atoms with Gasteiger partial charge in [-0.2, -0.15) is 5.26 Å². The van der Waals surface area contributed by atoms with E-state index < -0.39 is 0 Å². The van der Waals surface area contributed by atoms with E-state index in [9.17, 15) is 4.79 Å². The summed E-state index contributed by atoms with van der Waals surface area (Å²) in [4.78, 5) is 11.5. The van der Waals surface area contributed by atoms with Gasteiger partial charge in [-0.1, -0.05) is 39.5 Å². The van der Waals surface area contributed by atoms with Gasteiger partial charge in [0, 0.05) is 12.5 Å². The maximum absolute atomic E-state index is 11.5. The maximum atomic E-state index is 11.5. The summed E-state index contributed by atoms with van der Waals surface area (Å²) in [5.74, 6) is 0.169. The fourth-order valence-corrected chi connectivity index (χ4v) is 1.42. The Balaban J connectivity index is 3.47. The van der Waals surface area contributed by atoms with Crippen LogP contribution >= 0.6 is 0 Å². The van der Waals surface area contributed by atoms with Gasteiger partial charge in [0.15, 0.2) is 0 Å². The molecule has 0 fully saturated rings. The molecule has 0 saturated heterocycles. The van der Waals surface area contributed by atoms with Crippen molar-refractivity contribution in [2.75, 3.05) is 6.54 Å². The Hall–Kier alpha value is -1.04. The lowest BCUT2D eigenvalue weighted by atomic mass is 10.0. The highest BCUT2D eigenvalue weighted by atomic mass is 16.1. The fourth-order valence-electron chi connectivity index (χ4n) is 1.42. The molecular formula is C12H22N2O. The highest BCUT2D eigenvalue weighted by molar-refractivity contribution is 5.78. The van der Waals surface area contributed by atoms with Crippen LogP contribution in [0.4, 0.5) is 0 Å². The van der Waals surface area contributed by atoms with Gasteiger partial charge in [0.05, 0.1) is 12.5 Å². The average molecular weight is 210 g/mol. The second kappa shape index (κ2) is 9.51. The van der Waals surface area contributed by atoms with Crippen molar-refractivity contribution in [3.63, 3.8) is 0 Å². The van der Waals surface area contributed by atoms with Gasteiger partial charge in [-0.05, 0) is 6.42 Å². The van der Waals surface area contributed by atoms with Crippen molar-refractivity contribution in [1.82, 2.24) is 5.32 Å². The minimum atomic E-state index is 0.0838. The quantitative estimate of drug-likeness (QED) is 0.626. The SMILES string of the molecule is CCCCCCC(C)C(=O)NCCC#N. The third-order valence-corrected chi connectivity index (χ3v) is 2.47. The van der Waals surface area contributed by atoms with Crippen LogP contribution in [0.3, 0.4) is 0 Å². The third-order valence-electron chi connectivity index (χ3n) is 2.47. The van der Waals surface area contributed by atoms with Crippen LogP contribution in [0.15, 0.2) is 0 Å². The summed E-state index contributed by atoms with van der Waals surface area (Å²) in [6, 6.07) is 2.01. The number of unbranched alkanes of at least 4 members (excludes halogenated alkanes) is 3. The summed E-state index contributed by atoms with van der Waals surface area (Å²) >= 11 is 0. The second-order valence-electron chi connectivity index (χ2n) is 3.95. The summed E-state index contributed by atoms with van der Waals surface area (Å²) in [7, 11) is 0. The summed E-state index contributed by atoms with van der Waals surface area (Å²) in [6.45, 7) is 4.61. The van der Waals surface area contributed by atoms with Gasteiger partial charge >= 0.3 is 0 Å². The van der Waals surface area contributed by atoms with Crippen molar-refractivity contribution in [1.29, 1.82) is 5.26 Å². The number of amides is 1. The van der Waals surface area contributed by atoms with E-state index in [2.05, 4.69) is 12.2 Å². The molecule has 0 bridgehead atoms. The highest BCUT2D eigenvalue weighted by Gasteiger charge is 2.10. The molecule has 1 atom stereocenters. The molecule has 3 nitrogen and oxygen atoms in total. The Labute approximate surface area is 92.9 Å². The zero-order chi connectivity index (χ0) is 11.5. The van der Waals surface area contributed by atoms with Gasteiger partial charge in [0.2, 0.25) is 5.91 Å². The molecule has 0 aromatic rings. The van der Waals surface area contributed by atoms with Crippen molar-refractivity contribution in [3.8, 4) is 6.07 Å². The number of nitriles is 1. The van der Waals surface area contributed by atoms with Crippen LogP contribution in [0, 0.1) is 17.2 Å². The first-order chi connectivity index (χ1) is 7.22. The molecule has 0 aliphatic heterocycles. The fraction of sp³-hybridized carbons (Fsp3) is 0.833. The second-order valence-corrected chi connectivity index (χ2v) is 3.95. The Morgan fingerprint density at radius 3 is 2.73 bits per heavy atom. The van der Waals surface area contributed by atoms with Crippen LogP contribution in [0.25, 0.3) is 0 Å². The lowest BCUT2D eigenvalue weighted by Crippen LogP contribution is -2.29. The summed E-state index contributed by atoms with van der Waals surface area (Å²) < 4.78 is 0. The molecule has 0 saturated carbocycles. The Morgan fingerprint density at radius 2 is 2.13 bits per heavy atom. The first-order valence-electron chi connectivity index (χ1n) is 5.87. The lowest BCUT2D eigenvalue weighted by molar-refractivity contribution is -0.124. The first kappa shape index (κ1) is 14.0. The Kier molecular flexibility index (Phi) is 8.85. The van der Waals surface area contributed by atoms with E-state index in [1.54, 1.807) is 0 Å². The van der Waals surface area contributed by atoms with Crippen LogP contribution in [-0.2, 0) is 4.79 Å². The predicted octanol–water partition coefficient (Wildman–Crippen LogP) is 2.62. The smallest absolute Gasteiger partial charge is 0.222 e. The molecule has 0 aliphatic carbocycles. The van der Waals surface area contributed by atoms with Gasteiger partial charge in [-0.15, -0.1) is 0 Å². The van der Waals surface area contributed by atoms with Crippen LogP contribution < -0.4 is 5.32 Å². The van der Waals surface area contributed by atoms with Crippen molar-refractivity contribution in [3.05, 3.63) is 0 Å². The topological polar surface area (TPSA) is 52.9 Å². The molecule has 0 aromatic carbocycles. The first-order valence-corrected chi connectivity index (χ1v) is 5.87. The van der Waals surface area contributed by atoms with Crippen LogP contribution in [0.5, 0.6) is 0 Å². The molecule has 1 unspecified atom stereocenters. The van der Waals surface area contributed by atoms with E-state index in [0.717, 1.165) is 12.8 Å². The van der Waals surface area contributed by atoms with E-state index in [4.69, 9.17) is 5.26 Å². The minimum Gasteiger partial charge on any atom is -0.355 e. The zero-order valence-electron chi connectivity index (χ0n) is 9.88. The average Bonchev–Trinajstić information content (AvgIpc) is 2.24. The van der Waals surface area contributed by atoms with E-state index in [1.807, 2.05) is 13.0 Å². The molecular weight excluding hydrogens is 188 g/mol. The number of carbonyl (C=O) groups excluding carboxylic acids is 1. The molecule has 0 aromatic heterocycles. The number of nitrogens with zero attached hydrogens (tertiary/aromatic N) is 1. The minimum absolute atomic E-state index is 0.0838. The van der Waals surface area contributed by atoms with E-state index in [0.29, 0.717) is 13.0 Å². The van der Waals surface area contributed by atoms with Gasteiger partial charge in [0.25, 0.3) is 0 Å². The monoisotopic (exact) mass is 210 g/mol. The number of hydrogen-bond donors (Lipinski definition) is 1. The summed E-state index contributed by atoms with van der Waals surface area (Å²) in [5, 5.41) is 11.1. The maximum Gasteiger partial charge on any atom is 0.222 e. The highest BCUT2D eigenvalue weighted by Crippen LogP contribution is 2.10. The molecule has 1 N–H and O–H groups in total. The Morgan fingerprint density at radius 1 is 1.40 bits per heavy atom. The molecule has 15 heavy (non-hydrogen) atoms. The third kappa shape index (κ3) is 7.99. The van der Waals surface area contributed by atoms with E-state index in [1.165, 1.54) is 19.3 Å². The molecule has 86 valence electrons. The largest absolute Gasteiger partial charge is 0.355 e. The van der Waals surface area contributed by atoms with Crippen molar-refractivity contribution >= 4 is 5.91 Å². The van der Waals surface area contributed by atoms with Crippen LogP contribution in [0.1, 0.15) is 52.4 Å². The molecule has 1 amide bonds. The molecule has 0 rings (SSSR count). The van der Waals surface area contributed by atoms with Gasteiger partial charge in [-0.25, -0.2) is 0 Å². The standard InChI is InChI=1S/C12H22N2O/c1-3-4-5-6-8-11(2)12(15)14-10-7-9-13/h11H,3-8,10H2,1-2H3,(H,14,15). The van der Waals surface area contributed by atoms with Crippen LogP contribution in [-0.4, -0.2) is 12.5 Å². The molecule has 0 radical (unpaired) electrons. The molecule has 0 aliphatic rings. The van der Waals surface area contributed by atoms with Gasteiger partial charge in [-0.3, -0.25) is 4.79 Å². The number of rotatable bonds is 8. The Bertz CT molecular complexity index is 208. The molecule has 3 heteroatoms. The summed E-state index contributed by atoms with van der Waals surface area (Å²) in [6.07, 6.45) is 6.17. The number of nitrogens with one attached hydrogen (secondary N) is 1. The number of hydrogen-bond acceptors (Lipinski definition) is 2. The van der Waals surface area contributed by atoms with Gasteiger partial charge in [0.1, 0.15) is 0 Å². The molecule has 0 heterocycles. The lowest BCUT2D eigenvalue weighted by Gasteiger charge is -2.10. The summed E-state index contributed by atoms with van der Waals surface area (Å²) in [5.41, 5.74) is 0. The van der Waals surface area contributed by atoms with Crippen molar-refractivity contribution < 1.29 is 4.79 Å². The van der Waals surface area contributed by atoms with Crippen molar-refractivity contribution in [2.24, 2.45) is 5.92 Å². The number of carbonyl (C=O) groups is 1.